The van der Waals surface area contributed by atoms with Gasteiger partial charge in [-0.3, -0.25) is 4.68 Å². The number of hydrogen-bond acceptors (Lipinski definition) is 2. The van der Waals surface area contributed by atoms with Gasteiger partial charge in [0.05, 0.1) is 11.1 Å². The van der Waals surface area contributed by atoms with Gasteiger partial charge in [0.1, 0.15) is 5.69 Å². The summed E-state index contributed by atoms with van der Waals surface area (Å²) >= 11 is 3.49. The van der Waals surface area contributed by atoms with Crippen LogP contribution in [0.5, 0.6) is 0 Å². The summed E-state index contributed by atoms with van der Waals surface area (Å²) < 4.78 is 8.52. The van der Waals surface area contributed by atoms with Crippen molar-refractivity contribution in [3.05, 3.63) is 16.4 Å². The molecule has 0 aliphatic carbocycles. The molecule has 0 bridgehead atoms. The molecule has 1 aromatic rings. The molecule has 4 heteroatoms. The first kappa shape index (κ1) is 12.7. The summed E-state index contributed by atoms with van der Waals surface area (Å²) in [4.78, 5) is 0. The molecule has 0 atom stereocenters. The van der Waals surface area contributed by atoms with Crippen molar-refractivity contribution in [3.63, 3.8) is 0 Å². The highest BCUT2D eigenvalue weighted by Crippen LogP contribution is 2.18. The van der Waals surface area contributed by atoms with Crippen molar-refractivity contribution >= 4 is 15.9 Å². The molecule has 0 spiro atoms. The SMILES string of the molecule is CC(C)COCc1nn(C(C)C)cc1Br. The highest BCUT2D eigenvalue weighted by molar-refractivity contribution is 9.10. The van der Waals surface area contributed by atoms with Crippen LogP contribution < -0.4 is 0 Å². The fraction of sp³-hybridized carbons (Fsp3) is 0.727. The molecule has 0 aliphatic rings. The minimum Gasteiger partial charge on any atom is -0.375 e. The van der Waals surface area contributed by atoms with Crippen molar-refractivity contribution < 1.29 is 4.74 Å². The van der Waals surface area contributed by atoms with E-state index in [0.717, 1.165) is 16.8 Å². The average Bonchev–Trinajstić information content (AvgIpc) is 2.47. The van der Waals surface area contributed by atoms with Gasteiger partial charge in [-0.15, -0.1) is 0 Å². The predicted octanol–water partition coefficient (Wildman–Crippen LogP) is 3.40. The average molecular weight is 275 g/mol. The van der Waals surface area contributed by atoms with Crippen LogP contribution in [0.2, 0.25) is 0 Å². The van der Waals surface area contributed by atoms with Crippen LogP contribution in [-0.4, -0.2) is 16.4 Å². The summed E-state index contributed by atoms with van der Waals surface area (Å²) in [7, 11) is 0. The summed E-state index contributed by atoms with van der Waals surface area (Å²) in [5, 5.41) is 4.45. The molecule has 3 nitrogen and oxygen atoms in total. The Bertz CT molecular complexity index is 308. The van der Waals surface area contributed by atoms with Gasteiger partial charge in [-0.05, 0) is 35.7 Å². The van der Waals surface area contributed by atoms with Gasteiger partial charge in [-0.2, -0.15) is 5.10 Å². The zero-order valence-electron chi connectivity index (χ0n) is 9.83. The number of aromatic nitrogens is 2. The normalized spacial score (nSPS) is 11.7. The van der Waals surface area contributed by atoms with E-state index in [9.17, 15) is 0 Å². The molecule has 1 rings (SSSR count). The Morgan fingerprint density at radius 3 is 2.53 bits per heavy atom. The molecule has 1 aromatic heterocycles. The maximum atomic E-state index is 5.55. The molecule has 0 aromatic carbocycles. The lowest BCUT2D eigenvalue weighted by atomic mass is 10.2. The third kappa shape index (κ3) is 3.95. The van der Waals surface area contributed by atoms with Crippen molar-refractivity contribution in [1.29, 1.82) is 0 Å². The van der Waals surface area contributed by atoms with E-state index >= 15 is 0 Å². The molecular formula is C11H19BrN2O. The van der Waals surface area contributed by atoms with Crippen LogP contribution in [0.1, 0.15) is 39.4 Å². The van der Waals surface area contributed by atoms with Gasteiger partial charge < -0.3 is 4.74 Å². The van der Waals surface area contributed by atoms with Crippen molar-refractivity contribution in [1.82, 2.24) is 9.78 Å². The number of nitrogens with zero attached hydrogens (tertiary/aromatic N) is 2. The largest absolute Gasteiger partial charge is 0.375 e. The first-order valence-electron chi connectivity index (χ1n) is 5.32. The van der Waals surface area contributed by atoms with E-state index in [4.69, 9.17) is 4.74 Å². The summed E-state index contributed by atoms with van der Waals surface area (Å²) in [6.07, 6.45) is 2.00. The van der Waals surface area contributed by atoms with Gasteiger partial charge >= 0.3 is 0 Å². The quantitative estimate of drug-likeness (QED) is 0.823. The number of halogens is 1. The Hall–Kier alpha value is -0.350. The summed E-state index contributed by atoms with van der Waals surface area (Å²) in [6.45, 7) is 9.86. The van der Waals surface area contributed by atoms with Gasteiger partial charge in [-0.1, -0.05) is 13.8 Å². The van der Waals surface area contributed by atoms with Crippen molar-refractivity contribution in [2.24, 2.45) is 5.92 Å². The topological polar surface area (TPSA) is 27.1 Å². The van der Waals surface area contributed by atoms with E-state index < -0.39 is 0 Å². The number of rotatable bonds is 5. The highest BCUT2D eigenvalue weighted by Gasteiger charge is 2.08. The molecule has 1 heterocycles. The Morgan fingerprint density at radius 1 is 1.40 bits per heavy atom. The molecule has 0 N–H and O–H groups in total. The van der Waals surface area contributed by atoms with Crippen LogP contribution in [0.4, 0.5) is 0 Å². The third-order valence-corrected chi connectivity index (χ3v) is 2.64. The van der Waals surface area contributed by atoms with E-state index in [0.29, 0.717) is 18.6 Å². The van der Waals surface area contributed by atoms with E-state index in [1.807, 2.05) is 10.9 Å². The van der Waals surface area contributed by atoms with Crippen LogP contribution in [0.25, 0.3) is 0 Å². The second-order valence-electron chi connectivity index (χ2n) is 4.41. The second kappa shape index (κ2) is 5.66. The maximum absolute atomic E-state index is 5.55. The van der Waals surface area contributed by atoms with E-state index in [2.05, 4.69) is 48.7 Å². The molecule has 0 radical (unpaired) electrons. The van der Waals surface area contributed by atoms with Crippen molar-refractivity contribution in [2.75, 3.05) is 6.61 Å². The lowest BCUT2D eigenvalue weighted by molar-refractivity contribution is 0.0939. The summed E-state index contributed by atoms with van der Waals surface area (Å²) in [5.41, 5.74) is 0.976. The molecule has 0 aliphatic heterocycles. The zero-order chi connectivity index (χ0) is 11.4. The first-order valence-corrected chi connectivity index (χ1v) is 6.11. The lowest BCUT2D eigenvalue weighted by Gasteiger charge is -2.05. The Kier molecular flexibility index (Phi) is 4.80. The standard InChI is InChI=1S/C11H19BrN2O/c1-8(2)6-15-7-11-10(12)5-14(13-11)9(3)4/h5,8-9H,6-7H2,1-4H3. The smallest absolute Gasteiger partial charge is 0.102 e. The minimum atomic E-state index is 0.389. The molecule has 0 unspecified atom stereocenters. The highest BCUT2D eigenvalue weighted by atomic mass is 79.9. The molecule has 86 valence electrons. The van der Waals surface area contributed by atoms with Crippen LogP contribution in [0.15, 0.2) is 10.7 Å². The Morgan fingerprint density at radius 2 is 2.07 bits per heavy atom. The third-order valence-electron chi connectivity index (χ3n) is 1.98. The Labute approximate surface area is 99.9 Å². The van der Waals surface area contributed by atoms with Gasteiger partial charge in [-0.25, -0.2) is 0 Å². The van der Waals surface area contributed by atoms with Gasteiger partial charge in [0.25, 0.3) is 0 Å². The van der Waals surface area contributed by atoms with Crippen LogP contribution in [0, 0.1) is 5.92 Å². The number of ether oxygens (including phenoxy) is 1. The molecular weight excluding hydrogens is 256 g/mol. The minimum absolute atomic E-state index is 0.389. The van der Waals surface area contributed by atoms with Crippen molar-refractivity contribution in [2.45, 2.75) is 40.3 Å². The van der Waals surface area contributed by atoms with E-state index in [-0.39, 0.29) is 0 Å². The van der Waals surface area contributed by atoms with E-state index in [1.165, 1.54) is 0 Å². The van der Waals surface area contributed by atoms with Crippen molar-refractivity contribution in [3.8, 4) is 0 Å². The number of hydrogen-bond donors (Lipinski definition) is 0. The molecule has 0 saturated heterocycles. The summed E-state index contributed by atoms with van der Waals surface area (Å²) in [5.74, 6) is 0.566. The monoisotopic (exact) mass is 274 g/mol. The van der Waals surface area contributed by atoms with Gasteiger partial charge in [0.2, 0.25) is 0 Å². The fourth-order valence-electron chi connectivity index (χ4n) is 1.16. The predicted molar refractivity (Wildman–Crippen MR) is 64.8 cm³/mol. The van der Waals surface area contributed by atoms with Crippen LogP contribution >= 0.6 is 15.9 Å². The zero-order valence-corrected chi connectivity index (χ0v) is 11.4. The maximum Gasteiger partial charge on any atom is 0.102 e. The molecule has 0 fully saturated rings. The van der Waals surface area contributed by atoms with Gasteiger partial charge in [0.15, 0.2) is 0 Å². The van der Waals surface area contributed by atoms with Crippen LogP contribution in [-0.2, 0) is 11.3 Å². The van der Waals surface area contributed by atoms with Crippen LogP contribution in [0.3, 0.4) is 0 Å². The molecule has 15 heavy (non-hydrogen) atoms. The molecule has 0 amide bonds. The lowest BCUT2D eigenvalue weighted by Crippen LogP contribution is -2.05. The first-order chi connectivity index (χ1) is 7.00. The fourth-order valence-corrected chi connectivity index (χ4v) is 1.56. The van der Waals surface area contributed by atoms with E-state index in [1.54, 1.807) is 0 Å². The second-order valence-corrected chi connectivity index (χ2v) is 5.26. The Balaban J connectivity index is 2.53. The van der Waals surface area contributed by atoms with Gasteiger partial charge in [0, 0.05) is 18.8 Å². The molecule has 0 saturated carbocycles. The summed E-state index contributed by atoms with van der Waals surface area (Å²) in [6, 6.07) is 0.389.